The molecule has 5 heteroatoms. The average molecular weight is 351 g/mol. The normalized spacial score (nSPS) is 16.7. The molecule has 3 rings (SSSR count). The van der Waals surface area contributed by atoms with Crippen molar-refractivity contribution in [2.75, 3.05) is 25.0 Å². The smallest absolute Gasteiger partial charge is 0.255 e. The highest BCUT2D eigenvalue weighted by atomic mass is 16.2. The molecule has 2 aromatic carbocycles. The van der Waals surface area contributed by atoms with Gasteiger partial charge in [0.05, 0.1) is 11.3 Å². The largest absolute Gasteiger partial charge is 0.352 e. The van der Waals surface area contributed by atoms with Crippen LogP contribution >= 0.6 is 0 Å². The first kappa shape index (κ1) is 18.1. The summed E-state index contributed by atoms with van der Waals surface area (Å²) < 4.78 is 0. The standard InChI is InChI=1S/C21H25N3O2/c25-20(17-8-2-1-3-9-17)24-19-11-5-4-10-18(19)21(26)23-14-12-16-7-6-13-22-15-16/h1-5,8-11,16,22H,6-7,12-15H2,(H,23,26)(H,24,25). The van der Waals surface area contributed by atoms with Crippen LogP contribution in [0, 0.1) is 5.92 Å². The summed E-state index contributed by atoms with van der Waals surface area (Å²) >= 11 is 0. The number of hydrogen-bond acceptors (Lipinski definition) is 3. The molecule has 0 bridgehead atoms. The Hall–Kier alpha value is -2.66. The molecule has 0 radical (unpaired) electrons. The maximum Gasteiger partial charge on any atom is 0.255 e. The van der Waals surface area contributed by atoms with Crippen LogP contribution in [0.15, 0.2) is 54.6 Å². The minimum Gasteiger partial charge on any atom is -0.352 e. The van der Waals surface area contributed by atoms with Gasteiger partial charge in [0.2, 0.25) is 0 Å². The molecule has 5 nitrogen and oxygen atoms in total. The van der Waals surface area contributed by atoms with Crippen LogP contribution in [-0.4, -0.2) is 31.4 Å². The number of rotatable bonds is 6. The second-order valence-electron chi connectivity index (χ2n) is 6.62. The van der Waals surface area contributed by atoms with Gasteiger partial charge in [0.25, 0.3) is 11.8 Å². The fourth-order valence-corrected chi connectivity index (χ4v) is 3.23. The second kappa shape index (κ2) is 9.15. The van der Waals surface area contributed by atoms with Crippen molar-refractivity contribution in [1.29, 1.82) is 0 Å². The molecule has 1 heterocycles. The number of piperidine rings is 1. The summed E-state index contributed by atoms with van der Waals surface area (Å²) in [5.74, 6) is 0.244. The molecule has 26 heavy (non-hydrogen) atoms. The highest BCUT2D eigenvalue weighted by molar-refractivity contribution is 6.08. The Balaban J connectivity index is 1.59. The van der Waals surface area contributed by atoms with Crippen LogP contribution in [0.25, 0.3) is 0 Å². The molecule has 0 spiro atoms. The lowest BCUT2D eigenvalue weighted by molar-refractivity contribution is 0.0951. The van der Waals surface area contributed by atoms with Gasteiger partial charge in [0.1, 0.15) is 0 Å². The molecule has 1 aliphatic heterocycles. The van der Waals surface area contributed by atoms with E-state index in [0.29, 0.717) is 29.3 Å². The van der Waals surface area contributed by atoms with Gasteiger partial charge in [-0.2, -0.15) is 0 Å². The van der Waals surface area contributed by atoms with Crippen LogP contribution in [0.2, 0.25) is 0 Å². The Morgan fingerprint density at radius 3 is 2.54 bits per heavy atom. The predicted molar refractivity (Wildman–Crippen MR) is 103 cm³/mol. The third-order valence-electron chi connectivity index (χ3n) is 4.69. The molecule has 0 aliphatic carbocycles. The molecule has 1 atom stereocenters. The van der Waals surface area contributed by atoms with E-state index in [4.69, 9.17) is 0 Å². The van der Waals surface area contributed by atoms with Gasteiger partial charge in [-0.1, -0.05) is 30.3 Å². The lowest BCUT2D eigenvalue weighted by Crippen LogP contribution is -2.33. The number of anilines is 1. The average Bonchev–Trinajstić information content (AvgIpc) is 2.70. The SMILES string of the molecule is O=C(Nc1ccccc1C(=O)NCCC1CCCNC1)c1ccccc1. The summed E-state index contributed by atoms with van der Waals surface area (Å²) in [5.41, 5.74) is 1.57. The zero-order valence-electron chi connectivity index (χ0n) is 14.8. The second-order valence-corrected chi connectivity index (χ2v) is 6.62. The third kappa shape index (κ3) is 4.92. The van der Waals surface area contributed by atoms with E-state index in [1.54, 1.807) is 30.3 Å². The number of hydrogen-bond donors (Lipinski definition) is 3. The van der Waals surface area contributed by atoms with Crippen LogP contribution in [-0.2, 0) is 0 Å². The molecule has 0 saturated carbocycles. The molecule has 1 fully saturated rings. The molecule has 1 saturated heterocycles. The number of nitrogens with one attached hydrogen (secondary N) is 3. The van der Waals surface area contributed by atoms with E-state index in [9.17, 15) is 9.59 Å². The molecule has 1 aliphatic rings. The van der Waals surface area contributed by atoms with Gasteiger partial charge in [0, 0.05) is 12.1 Å². The monoisotopic (exact) mass is 351 g/mol. The topological polar surface area (TPSA) is 70.2 Å². The van der Waals surface area contributed by atoms with E-state index in [1.165, 1.54) is 12.8 Å². The van der Waals surface area contributed by atoms with Crippen LogP contribution < -0.4 is 16.0 Å². The first-order valence-corrected chi connectivity index (χ1v) is 9.18. The van der Waals surface area contributed by atoms with Gasteiger partial charge >= 0.3 is 0 Å². The zero-order valence-corrected chi connectivity index (χ0v) is 14.8. The Kier molecular flexibility index (Phi) is 6.39. The summed E-state index contributed by atoms with van der Waals surface area (Å²) in [4.78, 5) is 24.9. The van der Waals surface area contributed by atoms with E-state index in [1.807, 2.05) is 24.3 Å². The van der Waals surface area contributed by atoms with Gasteiger partial charge in [-0.15, -0.1) is 0 Å². The van der Waals surface area contributed by atoms with Crippen LogP contribution in [0.1, 0.15) is 40.0 Å². The van der Waals surface area contributed by atoms with Crippen LogP contribution in [0.3, 0.4) is 0 Å². The maximum atomic E-state index is 12.5. The predicted octanol–water partition coefficient (Wildman–Crippen LogP) is 3.06. The van der Waals surface area contributed by atoms with Gasteiger partial charge in [-0.3, -0.25) is 9.59 Å². The van der Waals surface area contributed by atoms with Gasteiger partial charge in [-0.25, -0.2) is 0 Å². The highest BCUT2D eigenvalue weighted by Crippen LogP contribution is 2.17. The van der Waals surface area contributed by atoms with E-state index >= 15 is 0 Å². The Labute approximate surface area is 154 Å². The molecule has 2 amide bonds. The number of amides is 2. The minimum atomic E-state index is -0.223. The van der Waals surface area contributed by atoms with Gasteiger partial charge in [-0.05, 0) is 62.5 Å². The molecule has 0 aromatic heterocycles. The van der Waals surface area contributed by atoms with Crippen LogP contribution in [0.5, 0.6) is 0 Å². The van der Waals surface area contributed by atoms with Crippen LogP contribution in [0.4, 0.5) is 5.69 Å². The number of para-hydroxylation sites is 1. The highest BCUT2D eigenvalue weighted by Gasteiger charge is 2.16. The molecule has 1 unspecified atom stereocenters. The van der Waals surface area contributed by atoms with Crippen molar-refractivity contribution in [2.45, 2.75) is 19.3 Å². The van der Waals surface area contributed by atoms with E-state index in [-0.39, 0.29) is 11.8 Å². The summed E-state index contributed by atoms with van der Waals surface area (Å²) in [5, 5.41) is 9.21. The lowest BCUT2D eigenvalue weighted by atomic mass is 9.96. The summed E-state index contributed by atoms with van der Waals surface area (Å²) in [6, 6.07) is 16.1. The van der Waals surface area contributed by atoms with Crippen molar-refractivity contribution in [3.05, 3.63) is 65.7 Å². The Morgan fingerprint density at radius 2 is 1.77 bits per heavy atom. The molecular weight excluding hydrogens is 326 g/mol. The summed E-state index contributed by atoms with van der Waals surface area (Å²) in [7, 11) is 0. The molecule has 136 valence electrons. The fraction of sp³-hybridized carbons (Fsp3) is 0.333. The first-order chi connectivity index (χ1) is 12.7. The molecule has 3 N–H and O–H groups in total. The molecular formula is C21H25N3O2. The third-order valence-corrected chi connectivity index (χ3v) is 4.69. The van der Waals surface area contributed by atoms with Crippen molar-refractivity contribution in [2.24, 2.45) is 5.92 Å². The van der Waals surface area contributed by atoms with Crippen molar-refractivity contribution >= 4 is 17.5 Å². The van der Waals surface area contributed by atoms with Crippen molar-refractivity contribution in [3.63, 3.8) is 0 Å². The minimum absolute atomic E-state index is 0.155. The number of carbonyl (C=O) groups is 2. The fourth-order valence-electron chi connectivity index (χ4n) is 3.23. The zero-order chi connectivity index (χ0) is 18.2. The van der Waals surface area contributed by atoms with Crippen molar-refractivity contribution < 1.29 is 9.59 Å². The Bertz CT molecular complexity index is 740. The van der Waals surface area contributed by atoms with E-state index in [2.05, 4.69) is 16.0 Å². The first-order valence-electron chi connectivity index (χ1n) is 9.18. The quantitative estimate of drug-likeness (QED) is 0.749. The summed E-state index contributed by atoms with van der Waals surface area (Å²) in [6.45, 7) is 2.77. The van der Waals surface area contributed by atoms with Crippen molar-refractivity contribution in [3.8, 4) is 0 Å². The van der Waals surface area contributed by atoms with E-state index in [0.717, 1.165) is 19.5 Å². The maximum absolute atomic E-state index is 12.5. The van der Waals surface area contributed by atoms with Crippen molar-refractivity contribution in [1.82, 2.24) is 10.6 Å². The molecule has 2 aromatic rings. The van der Waals surface area contributed by atoms with Gasteiger partial charge < -0.3 is 16.0 Å². The number of benzene rings is 2. The van der Waals surface area contributed by atoms with Gasteiger partial charge in [0.15, 0.2) is 0 Å². The lowest BCUT2D eigenvalue weighted by Gasteiger charge is -2.22. The summed E-state index contributed by atoms with van der Waals surface area (Å²) in [6.07, 6.45) is 3.39. The van der Waals surface area contributed by atoms with E-state index < -0.39 is 0 Å². The Morgan fingerprint density at radius 1 is 1.00 bits per heavy atom. The number of carbonyl (C=O) groups excluding carboxylic acids is 2.